The van der Waals surface area contributed by atoms with Gasteiger partial charge in [0.25, 0.3) is 5.69 Å². The van der Waals surface area contributed by atoms with Gasteiger partial charge in [-0.3, -0.25) is 10.1 Å². The number of furan rings is 1. The van der Waals surface area contributed by atoms with E-state index in [2.05, 4.69) is 21.2 Å². The van der Waals surface area contributed by atoms with Crippen molar-refractivity contribution in [3.63, 3.8) is 0 Å². The first kappa shape index (κ1) is 16.7. The Balaban J connectivity index is 2.00. The largest absolute Gasteiger partial charge is 0.460 e. The second kappa shape index (κ2) is 8.07. The SMILES string of the molecule is CCOCCNCc1ccc(-c2ccc([N+](=O)[O-])cc2Br)o1. The van der Waals surface area contributed by atoms with Gasteiger partial charge < -0.3 is 14.5 Å². The number of rotatable bonds is 8. The minimum Gasteiger partial charge on any atom is -0.460 e. The molecule has 0 atom stereocenters. The van der Waals surface area contributed by atoms with E-state index in [9.17, 15) is 10.1 Å². The molecule has 2 rings (SSSR count). The highest BCUT2D eigenvalue weighted by atomic mass is 79.9. The average molecular weight is 369 g/mol. The lowest BCUT2D eigenvalue weighted by Gasteiger charge is -2.03. The molecule has 0 aliphatic heterocycles. The van der Waals surface area contributed by atoms with Gasteiger partial charge in [-0.15, -0.1) is 0 Å². The summed E-state index contributed by atoms with van der Waals surface area (Å²) in [5.41, 5.74) is 0.825. The monoisotopic (exact) mass is 368 g/mol. The smallest absolute Gasteiger partial charge is 0.270 e. The van der Waals surface area contributed by atoms with Crippen molar-refractivity contribution in [3.8, 4) is 11.3 Å². The molecular formula is C15H17BrN2O4. The zero-order chi connectivity index (χ0) is 15.9. The summed E-state index contributed by atoms with van der Waals surface area (Å²) < 4.78 is 11.6. The molecule has 0 fully saturated rings. The Morgan fingerprint density at radius 3 is 2.86 bits per heavy atom. The summed E-state index contributed by atoms with van der Waals surface area (Å²) in [6.45, 7) is 4.70. The average Bonchev–Trinajstić information content (AvgIpc) is 2.95. The fourth-order valence-electron chi connectivity index (χ4n) is 1.94. The number of nitro groups is 1. The van der Waals surface area contributed by atoms with E-state index in [1.165, 1.54) is 12.1 Å². The van der Waals surface area contributed by atoms with Crippen LogP contribution in [-0.4, -0.2) is 24.7 Å². The molecule has 1 aromatic heterocycles. The quantitative estimate of drug-likeness (QED) is 0.436. The maximum absolute atomic E-state index is 10.7. The molecule has 22 heavy (non-hydrogen) atoms. The van der Waals surface area contributed by atoms with Gasteiger partial charge in [0.15, 0.2) is 0 Å². The Labute approximate surface area is 136 Å². The van der Waals surface area contributed by atoms with Crippen molar-refractivity contribution in [1.29, 1.82) is 0 Å². The molecule has 0 bridgehead atoms. The molecule has 0 amide bonds. The summed E-state index contributed by atoms with van der Waals surface area (Å²) in [5.74, 6) is 1.47. The van der Waals surface area contributed by atoms with E-state index in [0.29, 0.717) is 30.0 Å². The van der Waals surface area contributed by atoms with Crippen molar-refractivity contribution in [2.75, 3.05) is 19.8 Å². The third-order valence-corrected chi connectivity index (χ3v) is 3.67. The van der Waals surface area contributed by atoms with Crippen LogP contribution in [0.1, 0.15) is 12.7 Å². The molecule has 118 valence electrons. The molecular weight excluding hydrogens is 352 g/mol. The summed E-state index contributed by atoms with van der Waals surface area (Å²) in [5, 5.41) is 14.0. The van der Waals surface area contributed by atoms with Crippen LogP contribution in [0.5, 0.6) is 0 Å². The summed E-state index contributed by atoms with van der Waals surface area (Å²) in [7, 11) is 0. The maximum atomic E-state index is 10.7. The van der Waals surface area contributed by atoms with Crippen LogP contribution in [-0.2, 0) is 11.3 Å². The van der Waals surface area contributed by atoms with Crippen molar-refractivity contribution in [3.05, 3.63) is 50.7 Å². The Morgan fingerprint density at radius 1 is 1.36 bits per heavy atom. The maximum Gasteiger partial charge on any atom is 0.270 e. The first-order valence-corrected chi connectivity index (χ1v) is 7.72. The summed E-state index contributed by atoms with van der Waals surface area (Å²) in [6.07, 6.45) is 0. The first-order valence-electron chi connectivity index (χ1n) is 6.93. The van der Waals surface area contributed by atoms with Crippen LogP contribution in [0.2, 0.25) is 0 Å². The van der Waals surface area contributed by atoms with E-state index < -0.39 is 4.92 Å². The molecule has 0 saturated heterocycles. The fourth-order valence-corrected chi connectivity index (χ4v) is 2.50. The highest BCUT2D eigenvalue weighted by Gasteiger charge is 2.13. The van der Waals surface area contributed by atoms with Crippen molar-refractivity contribution in [2.45, 2.75) is 13.5 Å². The predicted molar refractivity (Wildman–Crippen MR) is 86.7 cm³/mol. The van der Waals surface area contributed by atoms with Gasteiger partial charge in [0.2, 0.25) is 0 Å². The van der Waals surface area contributed by atoms with E-state index in [0.717, 1.165) is 17.9 Å². The van der Waals surface area contributed by atoms with E-state index >= 15 is 0 Å². The number of ether oxygens (including phenoxy) is 1. The molecule has 0 saturated carbocycles. The topological polar surface area (TPSA) is 77.5 Å². The third-order valence-electron chi connectivity index (χ3n) is 3.02. The molecule has 0 spiro atoms. The highest BCUT2D eigenvalue weighted by molar-refractivity contribution is 9.10. The summed E-state index contributed by atoms with van der Waals surface area (Å²) in [6, 6.07) is 8.34. The fraction of sp³-hybridized carbons (Fsp3) is 0.333. The lowest BCUT2D eigenvalue weighted by Crippen LogP contribution is -2.18. The second-order valence-electron chi connectivity index (χ2n) is 4.56. The molecule has 1 N–H and O–H groups in total. The van der Waals surface area contributed by atoms with Gasteiger partial charge in [0, 0.05) is 35.3 Å². The molecule has 7 heteroatoms. The van der Waals surface area contributed by atoms with E-state index in [1.807, 2.05) is 19.1 Å². The number of non-ortho nitro benzene ring substituents is 1. The van der Waals surface area contributed by atoms with Crippen LogP contribution in [0.15, 0.2) is 39.2 Å². The van der Waals surface area contributed by atoms with Crippen LogP contribution >= 0.6 is 15.9 Å². The van der Waals surface area contributed by atoms with Crippen LogP contribution < -0.4 is 5.32 Å². The molecule has 2 aromatic rings. The van der Waals surface area contributed by atoms with Crippen LogP contribution in [0.25, 0.3) is 11.3 Å². The molecule has 1 heterocycles. The van der Waals surface area contributed by atoms with Crippen LogP contribution in [0.3, 0.4) is 0 Å². The van der Waals surface area contributed by atoms with Gasteiger partial charge in [0.05, 0.1) is 18.1 Å². The van der Waals surface area contributed by atoms with Gasteiger partial charge in [-0.25, -0.2) is 0 Å². The molecule has 0 radical (unpaired) electrons. The Kier molecular flexibility index (Phi) is 6.11. The van der Waals surface area contributed by atoms with Crippen molar-refractivity contribution < 1.29 is 14.1 Å². The number of nitrogens with zero attached hydrogens (tertiary/aromatic N) is 1. The summed E-state index contributed by atoms with van der Waals surface area (Å²) >= 11 is 3.35. The van der Waals surface area contributed by atoms with E-state index in [1.54, 1.807) is 6.07 Å². The molecule has 1 aromatic carbocycles. The minimum atomic E-state index is -0.426. The molecule has 0 unspecified atom stereocenters. The standard InChI is InChI=1S/C15H17BrN2O4/c1-2-21-8-7-17-10-12-4-6-15(22-12)13-5-3-11(18(19)20)9-14(13)16/h3-6,9,17H,2,7-8,10H2,1H3. The lowest BCUT2D eigenvalue weighted by atomic mass is 10.1. The predicted octanol–water partition coefficient (Wildman–Crippen LogP) is 3.74. The number of benzene rings is 1. The van der Waals surface area contributed by atoms with Gasteiger partial charge in [-0.2, -0.15) is 0 Å². The zero-order valence-corrected chi connectivity index (χ0v) is 13.8. The van der Waals surface area contributed by atoms with Crippen LogP contribution in [0.4, 0.5) is 5.69 Å². The number of hydrogen-bond acceptors (Lipinski definition) is 5. The van der Waals surface area contributed by atoms with Crippen molar-refractivity contribution in [1.82, 2.24) is 5.32 Å². The number of hydrogen-bond donors (Lipinski definition) is 1. The van der Waals surface area contributed by atoms with Crippen molar-refractivity contribution in [2.24, 2.45) is 0 Å². The number of halogens is 1. The molecule has 0 aliphatic carbocycles. The first-order chi connectivity index (χ1) is 10.6. The number of nitro benzene ring substituents is 1. The molecule has 0 aliphatic rings. The Morgan fingerprint density at radius 2 is 2.18 bits per heavy atom. The van der Waals surface area contributed by atoms with Gasteiger partial charge in [-0.05, 0) is 41.1 Å². The van der Waals surface area contributed by atoms with Gasteiger partial charge in [0.1, 0.15) is 11.5 Å². The summed E-state index contributed by atoms with van der Waals surface area (Å²) in [4.78, 5) is 10.3. The highest BCUT2D eigenvalue weighted by Crippen LogP contribution is 2.32. The second-order valence-corrected chi connectivity index (χ2v) is 5.42. The van der Waals surface area contributed by atoms with E-state index in [4.69, 9.17) is 9.15 Å². The number of nitrogens with one attached hydrogen (secondary N) is 1. The lowest BCUT2D eigenvalue weighted by molar-refractivity contribution is -0.384. The zero-order valence-electron chi connectivity index (χ0n) is 12.2. The van der Waals surface area contributed by atoms with Gasteiger partial charge in [-0.1, -0.05) is 0 Å². The normalized spacial score (nSPS) is 10.8. The Hall–Kier alpha value is -1.70. The molecule has 6 nitrogen and oxygen atoms in total. The van der Waals surface area contributed by atoms with E-state index in [-0.39, 0.29) is 5.69 Å². The van der Waals surface area contributed by atoms with Crippen molar-refractivity contribution >= 4 is 21.6 Å². The minimum absolute atomic E-state index is 0.0417. The Bertz CT molecular complexity index is 642. The van der Waals surface area contributed by atoms with Gasteiger partial charge >= 0.3 is 0 Å². The van der Waals surface area contributed by atoms with Crippen LogP contribution in [0, 0.1) is 10.1 Å². The third kappa shape index (κ3) is 4.40.